The van der Waals surface area contributed by atoms with Gasteiger partial charge < -0.3 is 10.6 Å². The van der Waals surface area contributed by atoms with Crippen molar-refractivity contribution >= 4 is 0 Å². The van der Waals surface area contributed by atoms with Crippen LogP contribution in [0.15, 0.2) is 24.3 Å². The van der Waals surface area contributed by atoms with Crippen LogP contribution in [0.25, 0.3) is 0 Å². The van der Waals surface area contributed by atoms with E-state index in [0.29, 0.717) is 0 Å². The third kappa shape index (κ3) is 4.63. The van der Waals surface area contributed by atoms with E-state index in [4.69, 9.17) is 5.73 Å². The third-order valence-corrected chi connectivity index (χ3v) is 4.38. The van der Waals surface area contributed by atoms with Crippen molar-refractivity contribution in [2.45, 2.75) is 57.5 Å². The second-order valence-corrected chi connectivity index (χ2v) is 6.40. The van der Waals surface area contributed by atoms with Gasteiger partial charge in [-0.1, -0.05) is 49.1 Å². The molecule has 0 spiro atoms. The summed E-state index contributed by atoms with van der Waals surface area (Å²) in [6, 6.07) is 8.78. The van der Waals surface area contributed by atoms with Gasteiger partial charge in [0.25, 0.3) is 0 Å². The van der Waals surface area contributed by atoms with Gasteiger partial charge in [0.15, 0.2) is 0 Å². The van der Waals surface area contributed by atoms with Crippen molar-refractivity contribution in [3.8, 4) is 0 Å². The zero-order valence-electron chi connectivity index (χ0n) is 12.5. The Hall–Kier alpha value is -0.860. The minimum absolute atomic E-state index is 0.110. The molecule has 1 fully saturated rings. The maximum Gasteiger partial charge on any atom is 0.0230 e. The summed E-state index contributed by atoms with van der Waals surface area (Å²) in [6.07, 6.45) is 7.57. The maximum absolute atomic E-state index is 6.50. The number of nitrogens with two attached hydrogens (primary N) is 1. The van der Waals surface area contributed by atoms with Gasteiger partial charge in [-0.3, -0.25) is 0 Å². The molecule has 0 amide bonds. The maximum atomic E-state index is 6.50. The molecule has 0 unspecified atom stereocenters. The minimum Gasteiger partial charge on any atom is -0.325 e. The molecule has 2 nitrogen and oxygen atoms in total. The predicted molar refractivity (Wildman–Crippen MR) is 82.1 cm³/mol. The lowest BCUT2D eigenvalue weighted by atomic mass is 9.80. The fraction of sp³-hybridized carbons (Fsp3) is 0.647. The van der Waals surface area contributed by atoms with Crippen LogP contribution < -0.4 is 5.73 Å². The number of benzene rings is 1. The third-order valence-electron chi connectivity index (χ3n) is 4.38. The van der Waals surface area contributed by atoms with Gasteiger partial charge in [-0.25, -0.2) is 0 Å². The lowest BCUT2D eigenvalue weighted by Crippen LogP contribution is -2.44. The van der Waals surface area contributed by atoms with Gasteiger partial charge in [0.2, 0.25) is 0 Å². The average molecular weight is 260 g/mol. The Morgan fingerprint density at radius 1 is 1.21 bits per heavy atom. The van der Waals surface area contributed by atoms with Crippen LogP contribution in [0.1, 0.15) is 49.7 Å². The lowest BCUT2D eigenvalue weighted by molar-refractivity contribution is 0.226. The molecule has 2 heteroatoms. The minimum atomic E-state index is 0.110. The van der Waals surface area contributed by atoms with Gasteiger partial charge >= 0.3 is 0 Å². The van der Waals surface area contributed by atoms with Crippen LogP contribution in [0.2, 0.25) is 0 Å². The van der Waals surface area contributed by atoms with Crippen molar-refractivity contribution < 1.29 is 0 Å². The first-order valence-electron chi connectivity index (χ1n) is 7.60. The van der Waals surface area contributed by atoms with Gasteiger partial charge in [-0.2, -0.15) is 0 Å². The molecule has 1 aliphatic carbocycles. The van der Waals surface area contributed by atoms with Crippen LogP contribution in [-0.4, -0.2) is 24.0 Å². The molecule has 2 N–H and O–H groups in total. The van der Waals surface area contributed by atoms with E-state index in [-0.39, 0.29) is 5.54 Å². The van der Waals surface area contributed by atoms with Gasteiger partial charge in [0.1, 0.15) is 0 Å². The number of rotatable bonds is 5. The quantitative estimate of drug-likeness (QED) is 0.878. The molecule has 106 valence electrons. The Kier molecular flexibility index (Phi) is 5.00. The number of nitrogens with zero attached hydrogens (tertiary/aromatic N) is 1. The Balaban J connectivity index is 1.79. The van der Waals surface area contributed by atoms with Crippen LogP contribution in [0.5, 0.6) is 0 Å². The molecule has 1 aromatic carbocycles. The summed E-state index contributed by atoms with van der Waals surface area (Å²) in [4.78, 5) is 2.40. The number of aryl methyl sites for hydroxylation is 1. The summed E-state index contributed by atoms with van der Waals surface area (Å²) in [5, 5.41) is 0. The van der Waals surface area contributed by atoms with E-state index in [1.807, 2.05) is 0 Å². The Morgan fingerprint density at radius 3 is 2.63 bits per heavy atom. The molecule has 0 atom stereocenters. The zero-order chi connectivity index (χ0) is 13.7. The van der Waals surface area contributed by atoms with Crippen LogP contribution >= 0.6 is 0 Å². The first kappa shape index (κ1) is 14.5. The highest BCUT2D eigenvalue weighted by molar-refractivity contribution is 5.21. The molecule has 2 rings (SSSR count). The van der Waals surface area contributed by atoms with Gasteiger partial charge in [-0.05, 0) is 45.3 Å². The standard InChI is InChI=1S/C17H28N2/c1-15-7-6-8-16(13-15)14-19(2)12-11-17(18)9-4-3-5-10-17/h6-8,13H,3-5,9-12,14,18H2,1-2H3. The summed E-state index contributed by atoms with van der Waals surface area (Å²) in [5.41, 5.74) is 9.35. The second kappa shape index (κ2) is 6.53. The van der Waals surface area contributed by atoms with Crippen LogP contribution in [0, 0.1) is 6.92 Å². The molecule has 1 saturated carbocycles. The molecule has 0 heterocycles. The number of hydrogen-bond acceptors (Lipinski definition) is 2. The molecule has 1 aliphatic rings. The van der Waals surface area contributed by atoms with E-state index >= 15 is 0 Å². The highest BCUT2D eigenvalue weighted by atomic mass is 15.1. The number of hydrogen-bond donors (Lipinski definition) is 1. The van der Waals surface area contributed by atoms with Crippen LogP contribution in [-0.2, 0) is 6.54 Å². The van der Waals surface area contributed by atoms with Crippen molar-refractivity contribution in [1.82, 2.24) is 4.90 Å². The van der Waals surface area contributed by atoms with Gasteiger partial charge in [-0.15, -0.1) is 0 Å². The molecule has 0 aliphatic heterocycles. The zero-order valence-corrected chi connectivity index (χ0v) is 12.5. The van der Waals surface area contributed by atoms with Gasteiger partial charge in [0, 0.05) is 12.1 Å². The fourth-order valence-electron chi connectivity index (χ4n) is 3.12. The van der Waals surface area contributed by atoms with E-state index in [1.165, 1.54) is 43.2 Å². The van der Waals surface area contributed by atoms with E-state index in [2.05, 4.69) is 43.1 Å². The van der Waals surface area contributed by atoms with Crippen molar-refractivity contribution in [3.05, 3.63) is 35.4 Å². The second-order valence-electron chi connectivity index (χ2n) is 6.40. The summed E-state index contributed by atoms with van der Waals surface area (Å²) in [5.74, 6) is 0. The topological polar surface area (TPSA) is 29.3 Å². The fourth-order valence-corrected chi connectivity index (χ4v) is 3.12. The van der Waals surface area contributed by atoms with Crippen LogP contribution in [0.4, 0.5) is 0 Å². The van der Waals surface area contributed by atoms with E-state index < -0.39 is 0 Å². The smallest absolute Gasteiger partial charge is 0.0230 e. The monoisotopic (exact) mass is 260 g/mol. The van der Waals surface area contributed by atoms with Gasteiger partial charge in [0.05, 0.1) is 0 Å². The first-order chi connectivity index (χ1) is 9.07. The molecule has 0 radical (unpaired) electrons. The van der Waals surface area contributed by atoms with E-state index in [1.54, 1.807) is 0 Å². The summed E-state index contributed by atoms with van der Waals surface area (Å²) >= 11 is 0. The Labute approximate surface area is 118 Å². The molecular formula is C17H28N2. The Morgan fingerprint density at radius 2 is 1.95 bits per heavy atom. The molecule has 19 heavy (non-hydrogen) atoms. The highest BCUT2D eigenvalue weighted by Gasteiger charge is 2.27. The Bertz CT molecular complexity index is 394. The normalized spacial score (nSPS) is 18.7. The first-order valence-corrected chi connectivity index (χ1v) is 7.60. The lowest BCUT2D eigenvalue weighted by Gasteiger charge is -2.34. The SMILES string of the molecule is Cc1cccc(CN(C)CCC2(N)CCCCC2)c1. The van der Waals surface area contributed by atoms with E-state index in [0.717, 1.165) is 19.5 Å². The summed E-state index contributed by atoms with van der Waals surface area (Å²) in [6.45, 7) is 4.28. The van der Waals surface area contributed by atoms with Crippen molar-refractivity contribution in [2.24, 2.45) is 5.73 Å². The van der Waals surface area contributed by atoms with Crippen LogP contribution in [0.3, 0.4) is 0 Å². The summed E-state index contributed by atoms with van der Waals surface area (Å²) in [7, 11) is 2.20. The molecule has 0 bridgehead atoms. The largest absolute Gasteiger partial charge is 0.325 e. The van der Waals surface area contributed by atoms with E-state index in [9.17, 15) is 0 Å². The predicted octanol–water partition coefficient (Wildman–Crippen LogP) is 3.48. The summed E-state index contributed by atoms with van der Waals surface area (Å²) < 4.78 is 0. The highest BCUT2D eigenvalue weighted by Crippen LogP contribution is 2.28. The molecule has 0 saturated heterocycles. The average Bonchev–Trinajstić information content (AvgIpc) is 2.38. The molecular weight excluding hydrogens is 232 g/mol. The van der Waals surface area contributed by atoms with Crippen molar-refractivity contribution in [3.63, 3.8) is 0 Å². The molecule has 0 aromatic heterocycles. The van der Waals surface area contributed by atoms with Crippen molar-refractivity contribution in [1.29, 1.82) is 0 Å². The van der Waals surface area contributed by atoms with Crippen molar-refractivity contribution in [2.75, 3.05) is 13.6 Å². The molecule has 1 aromatic rings.